The van der Waals surface area contributed by atoms with Crippen LogP contribution in [-0.4, -0.2) is 33.5 Å². The SMILES string of the molecule is CCC1(C(O)C/C=C/C2[C@H](O)C[C@@H](C#N)[C@@H]2CCCc2ccc(C(=O)O)s2)CCC1. The van der Waals surface area contributed by atoms with Gasteiger partial charge in [-0.1, -0.05) is 25.5 Å². The highest BCUT2D eigenvalue weighted by molar-refractivity contribution is 7.13. The molecular formula is C24H33NO4S. The molecule has 5 atom stereocenters. The van der Waals surface area contributed by atoms with Crippen molar-refractivity contribution in [3.63, 3.8) is 0 Å². The van der Waals surface area contributed by atoms with Gasteiger partial charge in [0.05, 0.1) is 24.2 Å². The lowest BCUT2D eigenvalue weighted by Crippen LogP contribution is -2.40. The number of nitriles is 1. The molecule has 2 aliphatic carbocycles. The molecule has 0 aliphatic heterocycles. The minimum Gasteiger partial charge on any atom is -0.477 e. The lowest BCUT2D eigenvalue weighted by atomic mass is 9.63. The molecule has 0 bridgehead atoms. The molecule has 3 N–H and O–H groups in total. The first-order chi connectivity index (χ1) is 14.4. The molecule has 0 spiro atoms. The Hall–Kier alpha value is -1.68. The van der Waals surface area contributed by atoms with E-state index in [9.17, 15) is 20.3 Å². The Balaban J connectivity index is 1.56. The van der Waals surface area contributed by atoms with Gasteiger partial charge in [0.1, 0.15) is 4.88 Å². The third kappa shape index (κ3) is 4.96. The van der Waals surface area contributed by atoms with Crippen LogP contribution in [0.15, 0.2) is 24.3 Å². The van der Waals surface area contributed by atoms with Crippen LogP contribution < -0.4 is 0 Å². The summed E-state index contributed by atoms with van der Waals surface area (Å²) in [7, 11) is 0. The maximum Gasteiger partial charge on any atom is 0.345 e. The number of aryl methyl sites for hydroxylation is 1. The van der Waals surface area contributed by atoms with E-state index in [1.165, 1.54) is 17.8 Å². The predicted octanol–water partition coefficient (Wildman–Crippen LogP) is 4.79. The minimum absolute atomic E-state index is 0.0567. The standard InChI is InChI=1S/C24H33NO4S/c1-2-24(12-5-13-24)22(27)9-4-8-19-18(16(15-25)14-20(19)26)7-3-6-17-10-11-21(30-17)23(28)29/h4,8,10-11,16,18-20,22,26-27H,2-3,5-7,9,12-14H2,1H3,(H,28,29)/b8-4+/t16-,18-,19?,20+,22?/m0/s1. The molecule has 2 saturated carbocycles. The summed E-state index contributed by atoms with van der Waals surface area (Å²) in [6, 6.07) is 5.88. The molecule has 30 heavy (non-hydrogen) atoms. The molecule has 1 aromatic heterocycles. The van der Waals surface area contributed by atoms with E-state index in [1.807, 2.05) is 18.2 Å². The van der Waals surface area contributed by atoms with Gasteiger partial charge in [-0.15, -0.1) is 11.3 Å². The monoisotopic (exact) mass is 431 g/mol. The molecule has 1 aromatic rings. The van der Waals surface area contributed by atoms with Crippen LogP contribution in [-0.2, 0) is 6.42 Å². The van der Waals surface area contributed by atoms with Crippen molar-refractivity contribution in [3.8, 4) is 6.07 Å². The van der Waals surface area contributed by atoms with Crippen LogP contribution >= 0.6 is 11.3 Å². The summed E-state index contributed by atoms with van der Waals surface area (Å²) in [5.41, 5.74) is 0.0722. The second-order valence-electron chi connectivity index (χ2n) is 8.99. The average molecular weight is 432 g/mol. The molecular weight excluding hydrogens is 398 g/mol. The molecule has 5 nitrogen and oxygen atoms in total. The van der Waals surface area contributed by atoms with E-state index in [1.54, 1.807) is 6.07 Å². The van der Waals surface area contributed by atoms with Crippen molar-refractivity contribution in [2.45, 2.75) is 76.9 Å². The van der Waals surface area contributed by atoms with E-state index in [-0.39, 0.29) is 29.3 Å². The van der Waals surface area contributed by atoms with Gasteiger partial charge in [0, 0.05) is 10.8 Å². The summed E-state index contributed by atoms with van der Waals surface area (Å²) in [6.45, 7) is 2.15. The van der Waals surface area contributed by atoms with Gasteiger partial charge in [-0.25, -0.2) is 4.79 Å². The normalized spacial score (nSPS) is 28.9. The first kappa shape index (κ1) is 23.0. The number of thiophene rings is 1. The van der Waals surface area contributed by atoms with Crippen molar-refractivity contribution in [3.05, 3.63) is 34.0 Å². The zero-order valence-electron chi connectivity index (χ0n) is 17.7. The number of carboxylic acids is 1. The number of carboxylic acid groups (broad SMARTS) is 1. The van der Waals surface area contributed by atoms with Gasteiger partial charge in [-0.2, -0.15) is 5.26 Å². The first-order valence-electron chi connectivity index (χ1n) is 11.1. The quantitative estimate of drug-likeness (QED) is 0.462. The molecule has 6 heteroatoms. The Morgan fingerprint density at radius 3 is 2.77 bits per heavy atom. The van der Waals surface area contributed by atoms with Crippen LogP contribution in [0.4, 0.5) is 0 Å². The largest absolute Gasteiger partial charge is 0.477 e. The van der Waals surface area contributed by atoms with Gasteiger partial charge in [0.15, 0.2) is 0 Å². The fraction of sp³-hybridized carbons (Fsp3) is 0.667. The Labute approximate surface area is 183 Å². The Bertz CT molecular complexity index is 786. The summed E-state index contributed by atoms with van der Waals surface area (Å²) in [4.78, 5) is 12.4. The summed E-state index contributed by atoms with van der Waals surface area (Å²) in [5.74, 6) is -1.01. The molecule has 3 rings (SSSR count). The van der Waals surface area contributed by atoms with E-state index in [2.05, 4.69) is 13.0 Å². The molecule has 0 saturated heterocycles. The van der Waals surface area contributed by atoms with E-state index in [0.717, 1.165) is 43.4 Å². The zero-order valence-corrected chi connectivity index (χ0v) is 18.5. The van der Waals surface area contributed by atoms with Gasteiger partial charge in [0.2, 0.25) is 0 Å². The Morgan fingerprint density at radius 2 is 2.20 bits per heavy atom. The zero-order chi connectivity index (χ0) is 21.7. The van der Waals surface area contributed by atoms with Gasteiger partial charge >= 0.3 is 5.97 Å². The highest BCUT2D eigenvalue weighted by atomic mass is 32.1. The summed E-state index contributed by atoms with van der Waals surface area (Å²) < 4.78 is 0. The average Bonchev–Trinajstić information content (AvgIpc) is 3.27. The fourth-order valence-electron chi connectivity index (χ4n) is 5.27. The number of carbonyl (C=O) groups is 1. The van der Waals surface area contributed by atoms with Gasteiger partial charge in [-0.05, 0) is 74.8 Å². The number of nitrogens with zero attached hydrogens (tertiary/aromatic N) is 1. The van der Waals surface area contributed by atoms with E-state index < -0.39 is 12.1 Å². The number of aliphatic hydroxyl groups excluding tert-OH is 2. The van der Waals surface area contributed by atoms with Crippen LogP contribution in [0, 0.1) is 34.5 Å². The maximum atomic E-state index is 11.0. The molecule has 2 aliphatic rings. The van der Waals surface area contributed by atoms with Crippen LogP contribution in [0.2, 0.25) is 0 Å². The van der Waals surface area contributed by atoms with Crippen molar-refractivity contribution in [2.24, 2.45) is 23.2 Å². The van der Waals surface area contributed by atoms with Gasteiger partial charge in [0.25, 0.3) is 0 Å². The third-order valence-corrected chi connectivity index (χ3v) is 8.56. The van der Waals surface area contributed by atoms with Crippen LogP contribution in [0.3, 0.4) is 0 Å². The molecule has 0 radical (unpaired) electrons. The Kier molecular flexibility index (Phi) is 7.73. The predicted molar refractivity (Wildman–Crippen MR) is 117 cm³/mol. The van der Waals surface area contributed by atoms with E-state index in [4.69, 9.17) is 5.11 Å². The molecule has 1 heterocycles. The highest BCUT2D eigenvalue weighted by Crippen LogP contribution is 2.48. The van der Waals surface area contributed by atoms with Crippen molar-refractivity contribution >= 4 is 17.3 Å². The lowest BCUT2D eigenvalue weighted by Gasteiger charge is -2.45. The second kappa shape index (κ2) is 10.1. The number of aromatic carboxylic acids is 1. The van der Waals surface area contributed by atoms with Crippen LogP contribution in [0.25, 0.3) is 0 Å². The van der Waals surface area contributed by atoms with Crippen LogP contribution in [0.5, 0.6) is 0 Å². The lowest BCUT2D eigenvalue weighted by molar-refractivity contribution is -0.0355. The summed E-state index contributed by atoms with van der Waals surface area (Å²) in [6.07, 6.45) is 11.2. The highest BCUT2D eigenvalue weighted by Gasteiger charge is 2.42. The van der Waals surface area contributed by atoms with E-state index in [0.29, 0.717) is 17.7 Å². The van der Waals surface area contributed by atoms with Gasteiger partial charge in [-0.3, -0.25) is 0 Å². The van der Waals surface area contributed by atoms with Gasteiger partial charge < -0.3 is 15.3 Å². The number of hydrogen-bond acceptors (Lipinski definition) is 5. The smallest absolute Gasteiger partial charge is 0.345 e. The van der Waals surface area contributed by atoms with Crippen molar-refractivity contribution in [2.75, 3.05) is 0 Å². The number of hydrogen-bond donors (Lipinski definition) is 3. The molecule has 0 aromatic carbocycles. The van der Waals surface area contributed by atoms with Crippen LogP contribution in [0.1, 0.15) is 72.8 Å². The molecule has 0 amide bonds. The van der Waals surface area contributed by atoms with Crippen molar-refractivity contribution in [1.29, 1.82) is 5.26 Å². The fourth-order valence-corrected chi connectivity index (χ4v) is 6.15. The third-order valence-electron chi connectivity index (χ3n) is 7.43. The number of aliphatic hydroxyl groups is 2. The second-order valence-corrected chi connectivity index (χ2v) is 10.2. The molecule has 2 unspecified atom stereocenters. The summed E-state index contributed by atoms with van der Waals surface area (Å²) in [5, 5.41) is 39.8. The maximum absolute atomic E-state index is 11.0. The summed E-state index contributed by atoms with van der Waals surface area (Å²) >= 11 is 1.30. The van der Waals surface area contributed by atoms with Crippen molar-refractivity contribution in [1.82, 2.24) is 0 Å². The first-order valence-corrected chi connectivity index (χ1v) is 12.0. The number of rotatable bonds is 10. The molecule has 164 valence electrons. The van der Waals surface area contributed by atoms with E-state index >= 15 is 0 Å². The molecule has 2 fully saturated rings. The Morgan fingerprint density at radius 1 is 1.43 bits per heavy atom. The topological polar surface area (TPSA) is 102 Å². The minimum atomic E-state index is -0.895. The van der Waals surface area contributed by atoms with Crippen molar-refractivity contribution < 1.29 is 20.1 Å².